The number of hydrogen-bond acceptors (Lipinski definition) is 5. The highest BCUT2D eigenvalue weighted by molar-refractivity contribution is 5.75. The van der Waals surface area contributed by atoms with E-state index in [1.54, 1.807) is 4.68 Å². The SMILES string of the molecule is Cc1nn(C)c(C)c1CNC(=O)Cn1cc(N)nn1. The van der Waals surface area contributed by atoms with Crippen LogP contribution in [0.1, 0.15) is 17.0 Å². The zero-order valence-corrected chi connectivity index (χ0v) is 11.2. The van der Waals surface area contributed by atoms with Gasteiger partial charge in [0.15, 0.2) is 5.82 Å². The molecular weight excluding hydrogens is 246 g/mol. The van der Waals surface area contributed by atoms with Gasteiger partial charge in [-0.05, 0) is 13.8 Å². The van der Waals surface area contributed by atoms with Gasteiger partial charge in [0.25, 0.3) is 0 Å². The number of carbonyl (C=O) groups excluding carboxylic acids is 1. The van der Waals surface area contributed by atoms with Gasteiger partial charge in [0.2, 0.25) is 5.91 Å². The van der Waals surface area contributed by atoms with Gasteiger partial charge < -0.3 is 11.1 Å². The molecule has 0 aromatic carbocycles. The van der Waals surface area contributed by atoms with Crippen molar-refractivity contribution in [3.8, 4) is 0 Å². The van der Waals surface area contributed by atoms with Crippen molar-refractivity contribution in [3.05, 3.63) is 23.1 Å². The Bertz CT molecular complexity index is 598. The van der Waals surface area contributed by atoms with E-state index in [0.717, 1.165) is 17.0 Å². The van der Waals surface area contributed by atoms with Crippen LogP contribution in [0.2, 0.25) is 0 Å². The zero-order valence-electron chi connectivity index (χ0n) is 11.2. The lowest BCUT2D eigenvalue weighted by atomic mass is 10.2. The van der Waals surface area contributed by atoms with E-state index in [0.29, 0.717) is 12.4 Å². The van der Waals surface area contributed by atoms with Crippen LogP contribution >= 0.6 is 0 Å². The summed E-state index contributed by atoms with van der Waals surface area (Å²) in [5.74, 6) is 0.152. The Labute approximate surface area is 110 Å². The number of hydrogen-bond donors (Lipinski definition) is 2. The van der Waals surface area contributed by atoms with E-state index in [2.05, 4.69) is 20.7 Å². The Hall–Kier alpha value is -2.38. The number of amides is 1. The fourth-order valence-electron chi connectivity index (χ4n) is 1.85. The lowest BCUT2D eigenvalue weighted by molar-refractivity contribution is -0.122. The predicted molar refractivity (Wildman–Crippen MR) is 69.0 cm³/mol. The molecule has 0 bridgehead atoms. The topological polar surface area (TPSA) is 104 Å². The molecule has 0 atom stereocenters. The third-order valence-corrected chi connectivity index (χ3v) is 2.98. The number of nitrogens with one attached hydrogen (secondary N) is 1. The van der Waals surface area contributed by atoms with Gasteiger partial charge in [-0.2, -0.15) is 5.10 Å². The molecule has 0 fully saturated rings. The molecule has 102 valence electrons. The Kier molecular flexibility index (Phi) is 3.50. The highest BCUT2D eigenvalue weighted by Gasteiger charge is 2.11. The zero-order chi connectivity index (χ0) is 14.0. The van der Waals surface area contributed by atoms with Gasteiger partial charge in [0.1, 0.15) is 6.54 Å². The van der Waals surface area contributed by atoms with Crippen molar-refractivity contribution in [1.29, 1.82) is 0 Å². The number of rotatable bonds is 4. The average molecular weight is 263 g/mol. The summed E-state index contributed by atoms with van der Waals surface area (Å²) >= 11 is 0. The minimum absolute atomic E-state index is 0.0998. The van der Waals surface area contributed by atoms with Crippen molar-refractivity contribution in [2.75, 3.05) is 5.73 Å². The first-order valence-electron chi connectivity index (χ1n) is 5.88. The first kappa shape index (κ1) is 13.1. The van der Waals surface area contributed by atoms with E-state index >= 15 is 0 Å². The van der Waals surface area contributed by atoms with E-state index in [1.165, 1.54) is 10.9 Å². The van der Waals surface area contributed by atoms with Crippen LogP contribution in [0.5, 0.6) is 0 Å². The molecule has 0 unspecified atom stereocenters. The van der Waals surface area contributed by atoms with Gasteiger partial charge in [-0.3, -0.25) is 9.48 Å². The van der Waals surface area contributed by atoms with Crippen molar-refractivity contribution < 1.29 is 4.79 Å². The molecule has 0 saturated heterocycles. The molecule has 0 spiro atoms. The third kappa shape index (κ3) is 2.90. The first-order valence-corrected chi connectivity index (χ1v) is 5.88. The second-order valence-electron chi connectivity index (χ2n) is 4.39. The van der Waals surface area contributed by atoms with Crippen molar-refractivity contribution in [3.63, 3.8) is 0 Å². The number of nitrogens with two attached hydrogens (primary N) is 1. The molecule has 0 aliphatic rings. The largest absolute Gasteiger partial charge is 0.381 e. The third-order valence-electron chi connectivity index (χ3n) is 2.98. The minimum atomic E-state index is -0.146. The summed E-state index contributed by atoms with van der Waals surface area (Å²) < 4.78 is 3.20. The van der Waals surface area contributed by atoms with Crippen LogP contribution in [0.4, 0.5) is 5.82 Å². The number of aromatic nitrogens is 5. The van der Waals surface area contributed by atoms with Gasteiger partial charge in [-0.15, -0.1) is 5.10 Å². The van der Waals surface area contributed by atoms with Crippen LogP contribution in [0.25, 0.3) is 0 Å². The molecular formula is C11H17N7O. The van der Waals surface area contributed by atoms with E-state index in [9.17, 15) is 4.79 Å². The highest BCUT2D eigenvalue weighted by Crippen LogP contribution is 2.11. The van der Waals surface area contributed by atoms with Gasteiger partial charge >= 0.3 is 0 Å². The molecule has 19 heavy (non-hydrogen) atoms. The Morgan fingerprint density at radius 3 is 2.74 bits per heavy atom. The van der Waals surface area contributed by atoms with E-state index in [4.69, 9.17) is 5.73 Å². The van der Waals surface area contributed by atoms with E-state index < -0.39 is 0 Å². The summed E-state index contributed by atoms with van der Waals surface area (Å²) in [6.07, 6.45) is 1.51. The molecule has 8 heteroatoms. The van der Waals surface area contributed by atoms with Gasteiger partial charge in [0, 0.05) is 24.8 Å². The number of anilines is 1. The molecule has 0 saturated carbocycles. The fourth-order valence-corrected chi connectivity index (χ4v) is 1.85. The Morgan fingerprint density at radius 2 is 2.21 bits per heavy atom. The lowest BCUT2D eigenvalue weighted by Crippen LogP contribution is -2.27. The Balaban J connectivity index is 1.93. The lowest BCUT2D eigenvalue weighted by Gasteiger charge is -2.05. The summed E-state index contributed by atoms with van der Waals surface area (Å²) in [5.41, 5.74) is 8.43. The van der Waals surface area contributed by atoms with Crippen LogP contribution in [0.3, 0.4) is 0 Å². The molecule has 2 aromatic rings. The van der Waals surface area contributed by atoms with Crippen LogP contribution < -0.4 is 11.1 Å². The molecule has 3 N–H and O–H groups in total. The standard InChI is InChI=1S/C11H17N7O/c1-7-9(8(2)17(3)15-7)4-13-11(19)6-18-5-10(12)14-16-18/h5H,4,6,12H2,1-3H3,(H,13,19). The molecule has 2 aromatic heterocycles. The van der Waals surface area contributed by atoms with Crippen LogP contribution in [-0.2, 0) is 24.9 Å². The molecule has 8 nitrogen and oxygen atoms in total. The predicted octanol–water partition coefficient (Wildman–Crippen LogP) is -0.473. The molecule has 0 radical (unpaired) electrons. The van der Waals surface area contributed by atoms with Crippen molar-refractivity contribution in [2.45, 2.75) is 26.9 Å². The Morgan fingerprint density at radius 1 is 1.47 bits per heavy atom. The first-order chi connectivity index (χ1) is 8.97. The normalized spacial score (nSPS) is 10.7. The maximum absolute atomic E-state index is 11.8. The second-order valence-corrected chi connectivity index (χ2v) is 4.39. The maximum Gasteiger partial charge on any atom is 0.242 e. The second kappa shape index (κ2) is 5.09. The van der Waals surface area contributed by atoms with Gasteiger partial charge in [-0.25, -0.2) is 4.68 Å². The number of carbonyl (C=O) groups is 1. The highest BCUT2D eigenvalue weighted by atomic mass is 16.2. The summed E-state index contributed by atoms with van der Waals surface area (Å²) in [6.45, 7) is 4.45. The fraction of sp³-hybridized carbons (Fsp3) is 0.455. The monoisotopic (exact) mass is 263 g/mol. The van der Waals surface area contributed by atoms with Crippen molar-refractivity contribution in [1.82, 2.24) is 30.1 Å². The number of aryl methyl sites for hydroxylation is 2. The van der Waals surface area contributed by atoms with Crippen LogP contribution in [0.15, 0.2) is 6.20 Å². The van der Waals surface area contributed by atoms with E-state index in [-0.39, 0.29) is 12.5 Å². The van der Waals surface area contributed by atoms with Crippen LogP contribution in [0, 0.1) is 13.8 Å². The molecule has 2 heterocycles. The summed E-state index contributed by atoms with van der Waals surface area (Å²) in [7, 11) is 1.88. The van der Waals surface area contributed by atoms with Gasteiger partial charge in [-0.1, -0.05) is 5.21 Å². The average Bonchev–Trinajstić information content (AvgIpc) is 2.83. The van der Waals surface area contributed by atoms with Crippen LogP contribution in [-0.4, -0.2) is 30.7 Å². The maximum atomic E-state index is 11.8. The molecule has 1 amide bonds. The van der Waals surface area contributed by atoms with Gasteiger partial charge in [0.05, 0.1) is 11.9 Å². The summed E-state index contributed by atoms with van der Waals surface area (Å²) in [5, 5.41) is 14.5. The quantitative estimate of drug-likeness (QED) is 0.776. The van der Waals surface area contributed by atoms with Crippen molar-refractivity contribution >= 4 is 11.7 Å². The smallest absolute Gasteiger partial charge is 0.242 e. The van der Waals surface area contributed by atoms with Crippen molar-refractivity contribution in [2.24, 2.45) is 7.05 Å². The summed E-state index contributed by atoms with van der Waals surface area (Å²) in [4.78, 5) is 11.8. The number of nitrogen functional groups attached to an aromatic ring is 1. The number of nitrogens with zero attached hydrogens (tertiary/aromatic N) is 5. The summed E-state index contributed by atoms with van der Waals surface area (Å²) in [6, 6.07) is 0. The molecule has 0 aliphatic heterocycles. The molecule has 2 rings (SSSR count). The molecule has 0 aliphatic carbocycles. The van der Waals surface area contributed by atoms with E-state index in [1.807, 2.05) is 20.9 Å². The minimum Gasteiger partial charge on any atom is -0.381 e.